The van der Waals surface area contributed by atoms with E-state index in [1.165, 1.54) is 18.2 Å². The summed E-state index contributed by atoms with van der Waals surface area (Å²) in [5.74, 6) is 5.77. The topological polar surface area (TPSA) is 45.9 Å². The summed E-state index contributed by atoms with van der Waals surface area (Å²) >= 11 is 6.02. The van der Waals surface area contributed by atoms with Crippen molar-refractivity contribution in [2.24, 2.45) is 0 Å². The monoisotopic (exact) mass is 362 g/mol. The molecule has 1 aromatic heterocycles. The lowest BCUT2D eigenvalue weighted by atomic mass is 10.1. The first-order chi connectivity index (χ1) is 12.6. The summed E-state index contributed by atoms with van der Waals surface area (Å²) in [6, 6.07) is 18.9. The summed E-state index contributed by atoms with van der Waals surface area (Å²) in [7, 11) is 0. The number of hydrogen-bond acceptors (Lipinski definition) is 3. The first-order valence-corrected chi connectivity index (χ1v) is 8.08. The molecule has 3 aromatic rings. The lowest BCUT2D eigenvalue weighted by Gasteiger charge is -2.07. The van der Waals surface area contributed by atoms with Gasteiger partial charge in [0.1, 0.15) is 17.6 Å². The van der Waals surface area contributed by atoms with E-state index in [9.17, 15) is 4.39 Å². The number of pyridine rings is 1. The Hall–Kier alpha value is -3.34. The van der Waals surface area contributed by atoms with Gasteiger partial charge < -0.3 is 4.74 Å². The van der Waals surface area contributed by atoms with Crippen molar-refractivity contribution in [3.05, 3.63) is 93.9 Å². The highest BCUT2D eigenvalue weighted by atomic mass is 35.5. The quantitative estimate of drug-likeness (QED) is 0.500. The van der Waals surface area contributed by atoms with Crippen LogP contribution >= 0.6 is 11.6 Å². The molecule has 5 heteroatoms. The highest BCUT2D eigenvalue weighted by Gasteiger charge is 2.06. The van der Waals surface area contributed by atoms with Crippen LogP contribution in [0.4, 0.5) is 4.39 Å². The summed E-state index contributed by atoms with van der Waals surface area (Å²) in [6.07, 6.45) is 0. The predicted octanol–water partition coefficient (Wildman–Crippen LogP) is 4.72. The summed E-state index contributed by atoms with van der Waals surface area (Å²) < 4.78 is 19.4. The molecule has 0 N–H and O–H groups in total. The van der Waals surface area contributed by atoms with Gasteiger partial charge in [-0.2, -0.15) is 5.26 Å². The third kappa shape index (κ3) is 4.60. The van der Waals surface area contributed by atoms with Gasteiger partial charge in [-0.15, -0.1) is 0 Å². The van der Waals surface area contributed by atoms with Crippen LogP contribution in [0.15, 0.2) is 60.7 Å². The number of aromatic nitrogens is 1. The average molecular weight is 363 g/mol. The number of hydrogen-bond donors (Lipinski definition) is 0. The maximum absolute atomic E-state index is 13.9. The zero-order valence-electron chi connectivity index (χ0n) is 13.5. The molecular formula is C21H12ClFN2O. The molecule has 0 bridgehead atoms. The van der Waals surface area contributed by atoms with Crippen LogP contribution in [-0.4, -0.2) is 4.98 Å². The highest BCUT2D eigenvalue weighted by molar-refractivity contribution is 6.29. The molecule has 0 atom stereocenters. The van der Waals surface area contributed by atoms with Gasteiger partial charge in [0.25, 0.3) is 0 Å². The van der Waals surface area contributed by atoms with Gasteiger partial charge in [0.05, 0.1) is 11.6 Å². The van der Waals surface area contributed by atoms with Gasteiger partial charge in [0.2, 0.25) is 5.88 Å². The van der Waals surface area contributed by atoms with Crippen LogP contribution in [0, 0.1) is 29.0 Å². The average Bonchev–Trinajstić information content (AvgIpc) is 2.66. The Bertz CT molecular complexity index is 1030. The van der Waals surface area contributed by atoms with Crippen molar-refractivity contribution in [3.63, 3.8) is 0 Å². The van der Waals surface area contributed by atoms with E-state index < -0.39 is 5.82 Å². The van der Waals surface area contributed by atoms with Gasteiger partial charge in [0.15, 0.2) is 0 Å². The standard InChI is InChI=1S/C21H12ClFN2O/c22-20-11-16(7-6-15-4-2-1-3-5-15)12-21(25-20)26-14-18-9-8-17(13-24)10-19(18)23/h1-5,8-12H,14H2. The Morgan fingerprint density at radius 1 is 0.962 bits per heavy atom. The van der Waals surface area contributed by atoms with Gasteiger partial charge in [-0.1, -0.05) is 47.7 Å². The summed E-state index contributed by atoms with van der Waals surface area (Å²) in [5, 5.41) is 9.01. The molecule has 3 rings (SSSR count). The molecule has 0 amide bonds. The fraction of sp³-hybridized carbons (Fsp3) is 0.0476. The number of nitriles is 1. The van der Waals surface area contributed by atoms with Gasteiger partial charge in [-0.25, -0.2) is 9.37 Å². The van der Waals surface area contributed by atoms with Crippen LogP contribution in [-0.2, 0) is 6.61 Å². The van der Waals surface area contributed by atoms with Crippen LogP contribution in [0.1, 0.15) is 22.3 Å². The molecule has 126 valence electrons. The minimum atomic E-state index is -0.504. The number of benzene rings is 2. The van der Waals surface area contributed by atoms with Crippen LogP contribution in [0.3, 0.4) is 0 Å². The third-order valence-corrected chi connectivity index (χ3v) is 3.65. The maximum atomic E-state index is 13.9. The number of rotatable bonds is 3. The van der Waals surface area contributed by atoms with Gasteiger partial charge in [-0.3, -0.25) is 0 Å². The van der Waals surface area contributed by atoms with E-state index in [0.29, 0.717) is 11.1 Å². The SMILES string of the molecule is N#Cc1ccc(COc2cc(C#Cc3ccccc3)cc(Cl)n2)c(F)c1. The predicted molar refractivity (Wildman–Crippen MR) is 97.1 cm³/mol. The van der Waals surface area contributed by atoms with E-state index in [-0.39, 0.29) is 23.2 Å². The summed E-state index contributed by atoms with van der Waals surface area (Å²) in [4.78, 5) is 4.07. The molecule has 0 spiro atoms. The number of nitrogens with zero attached hydrogens (tertiary/aromatic N) is 2. The summed E-state index contributed by atoms with van der Waals surface area (Å²) in [6.45, 7) is -0.0313. The Morgan fingerprint density at radius 3 is 2.46 bits per heavy atom. The third-order valence-electron chi connectivity index (χ3n) is 3.45. The minimum absolute atomic E-state index is 0.0313. The van der Waals surface area contributed by atoms with Crippen molar-refractivity contribution in [2.45, 2.75) is 6.61 Å². The molecule has 0 radical (unpaired) electrons. The van der Waals surface area contributed by atoms with Gasteiger partial charge >= 0.3 is 0 Å². The van der Waals surface area contributed by atoms with E-state index in [0.717, 1.165) is 5.56 Å². The Labute approximate surface area is 155 Å². The van der Waals surface area contributed by atoms with Crippen LogP contribution in [0.2, 0.25) is 5.15 Å². The second-order valence-electron chi connectivity index (χ2n) is 5.34. The number of ether oxygens (including phenoxy) is 1. The maximum Gasteiger partial charge on any atom is 0.216 e. The Kier molecular flexibility index (Phi) is 5.49. The Morgan fingerprint density at radius 2 is 1.73 bits per heavy atom. The van der Waals surface area contributed by atoms with Crippen molar-refractivity contribution in [3.8, 4) is 23.8 Å². The number of halogens is 2. The van der Waals surface area contributed by atoms with E-state index >= 15 is 0 Å². The van der Waals surface area contributed by atoms with E-state index in [1.54, 1.807) is 12.1 Å². The largest absolute Gasteiger partial charge is 0.473 e. The molecule has 3 nitrogen and oxygen atoms in total. The van der Waals surface area contributed by atoms with E-state index in [1.807, 2.05) is 36.4 Å². The molecular weight excluding hydrogens is 351 g/mol. The minimum Gasteiger partial charge on any atom is -0.473 e. The highest BCUT2D eigenvalue weighted by Crippen LogP contribution is 2.18. The molecule has 2 aromatic carbocycles. The molecule has 1 heterocycles. The fourth-order valence-corrected chi connectivity index (χ4v) is 2.37. The smallest absolute Gasteiger partial charge is 0.216 e. The molecule has 26 heavy (non-hydrogen) atoms. The lowest BCUT2D eigenvalue weighted by molar-refractivity contribution is 0.288. The normalized spacial score (nSPS) is 9.73. The van der Waals surface area contributed by atoms with Crippen molar-refractivity contribution in [2.75, 3.05) is 0 Å². The van der Waals surface area contributed by atoms with Crippen LogP contribution < -0.4 is 4.74 Å². The second kappa shape index (κ2) is 8.16. The van der Waals surface area contributed by atoms with Crippen LogP contribution in [0.25, 0.3) is 0 Å². The van der Waals surface area contributed by atoms with Gasteiger partial charge in [0, 0.05) is 22.8 Å². The summed E-state index contributed by atoms with van der Waals surface area (Å²) in [5.41, 5.74) is 2.10. The molecule has 0 saturated carbocycles. The first-order valence-electron chi connectivity index (χ1n) is 7.70. The van der Waals surface area contributed by atoms with Crippen molar-refractivity contribution in [1.29, 1.82) is 5.26 Å². The molecule has 0 saturated heterocycles. The van der Waals surface area contributed by atoms with Gasteiger partial charge in [-0.05, 0) is 30.3 Å². The van der Waals surface area contributed by atoms with E-state index in [4.69, 9.17) is 21.6 Å². The lowest BCUT2D eigenvalue weighted by Crippen LogP contribution is -2.01. The molecule has 0 aliphatic heterocycles. The van der Waals surface area contributed by atoms with Crippen molar-refractivity contribution < 1.29 is 9.13 Å². The molecule has 0 unspecified atom stereocenters. The zero-order valence-corrected chi connectivity index (χ0v) is 14.3. The zero-order chi connectivity index (χ0) is 18.4. The first kappa shape index (κ1) is 17.5. The van der Waals surface area contributed by atoms with Crippen LogP contribution in [0.5, 0.6) is 5.88 Å². The van der Waals surface area contributed by atoms with Crippen molar-refractivity contribution in [1.82, 2.24) is 4.98 Å². The molecule has 0 fully saturated rings. The molecule has 0 aliphatic rings. The molecule has 0 aliphatic carbocycles. The van der Waals surface area contributed by atoms with E-state index in [2.05, 4.69) is 16.8 Å². The fourth-order valence-electron chi connectivity index (χ4n) is 2.17. The Balaban J connectivity index is 1.76. The second-order valence-corrected chi connectivity index (χ2v) is 5.73. The van der Waals surface area contributed by atoms with Crippen molar-refractivity contribution >= 4 is 11.6 Å².